The first-order valence-corrected chi connectivity index (χ1v) is 12.5. The first-order valence-electron chi connectivity index (χ1n) is 12.5. The molecule has 5 atom stereocenters. The Morgan fingerprint density at radius 3 is 2.68 bits per heavy atom. The van der Waals surface area contributed by atoms with E-state index in [1.807, 2.05) is 45.9 Å². The van der Waals surface area contributed by atoms with E-state index in [2.05, 4.69) is 10.6 Å². The normalized spacial score (nSPS) is 31.6. The number of amides is 3. The van der Waals surface area contributed by atoms with E-state index in [0.29, 0.717) is 44.5 Å². The number of aryl methyl sites for hydroxylation is 2. The lowest BCUT2D eigenvalue weighted by molar-refractivity contribution is -0.144. The summed E-state index contributed by atoms with van der Waals surface area (Å²) in [5, 5.41) is 15.3. The number of hydrogen-bond donors (Lipinski definition) is 3. The summed E-state index contributed by atoms with van der Waals surface area (Å²) in [5.41, 5.74) is 0.874. The number of fused-ring (bicyclic) bond motifs is 1. The van der Waals surface area contributed by atoms with Crippen LogP contribution in [-0.4, -0.2) is 64.7 Å². The molecule has 0 radical (unpaired) electrons. The van der Waals surface area contributed by atoms with E-state index >= 15 is 0 Å². The molecule has 8 heteroatoms. The van der Waals surface area contributed by atoms with Gasteiger partial charge in [-0.15, -0.1) is 0 Å². The SMILES string of the molecule is CCCNC(=O)[C@H]1[C@H]2C(=O)N(CCCCO)C(C(=O)Nc3cc(C)ccc3C)C23CC[C@]1(C)O3. The molecular formula is C26H37N3O5. The van der Waals surface area contributed by atoms with Crippen molar-refractivity contribution in [2.24, 2.45) is 11.8 Å². The highest BCUT2D eigenvalue weighted by Crippen LogP contribution is 2.63. The number of anilines is 1. The van der Waals surface area contributed by atoms with Gasteiger partial charge in [-0.1, -0.05) is 19.1 Å². The predicted molar refractivity (Wildman–Crippen MR) is 128 cm³/mol. The summed E-state index contributed by atoms with van der Waals surface area (Å²) in [6, 6.07) is 5.04. The van der Waals surface area contributed by atoms with E-state index in [0.717, 1.165) is 17.5 Å². The minimum atomic E-state index is -1.03. The molecule has 8 nitrogen and oxygen atoms in total. The Morgan fingerprint density at radius 2 is 1.97 bits per heavy atom. The molecule has 3 aliphatic heterocycles. The van der Waals surface area contributed by atoms with Crippen LogP contribution in [0.2, 0.25) is 0 Å². The van der Waals surface area contributed by atoms with Crippen molar-refractivity contribution < 1.29 is 24.2 Å². The summed E-state index contributed by atoms with van der Waals surface area (Å²) in [4.78, 5) is 42.4. The topological polar surface area (TPSA) is 108 Å². The molecule has 1 aromatic rings. The fourth-order valence-electron chi connectivity index (χ4n) is 6.19. The molecule has 34 heavy (non-hydrogen) atoms. The second-order valence-electron chi connectivity index (χ2n) is 10.3. The van der Waals surface area contributed by atoms with Gasteiger partial charge in [0.15, 0.2) is 0 Å². The monoisotopic (exact) mass is 471 g/mol. The highest BCUT2D eigenvalue weighted by Gasteiger charge is 2.77. The summed E-state index contributed by atoms with van der Waals surface area (Å²) in [5.74, 6) is -1.97. The molecule has 3 saturated heterocycles. The van der Waals surface area contributed by atoms with Gasteiger partial charge in [-0.25, -0.2) is 0 Å². The number of aliphatic hydroxyl groups is 1. The highest BCUT2D eigenvalue weighted by molar-refractivity contribution is 6.04. The zero-order valence-electron chi connectivity index (χ0n) is 20.6. The number of aliphatic hydroxyl groups excluding tert-OH is 1. The van der Waals surface area contributed by atoms with E-state index in [1.54, 1.807) is 4.90 Å². The minimum Gasteiger partial charge on any atom is -0.396 e. The van der Waals surface area contributed by atoms with Gasteiger partial charge in [0.2, 0.25) is 17.7 Å². The van der Waals surface area contributed by atoms with Crippen LogP contribution < -0.4 is 10.6 Å². The fourth-order valence-corrected chi connectivity index (χ4v) is 6.19. The van der Waals surface area contributed by atoms with Crippen molar-refractivity contribution >= 4 is 23.4 Å². The fraction of sp³-hybridized carbons (Fsp3) is 0.654. The number of benzene rings is 1. The van der Waals surface area contributed by atoms with Crippen molar-refractivity contribution in [3.63, 3.8) is 0 Å². The van der Waals surface area contributed by atoms with Gasteiger partial charge in [0.05, 0.1) is 17.4 Å². The Hall–Kier alpha value is -2.45. The smallest absolute Gasteiger partial charge is 0.250 e. The molecule has 1 aromatic carbocycles. The van der Waals surface area contributed by atoms with Crippen LogP contribution >= 0.6 is 0 Å². The van der Waals surface area contributed by atoms with Crippen molar-refractivity contribution in [1.82, 2.24) is 10.2 Å². The van der Waals surface area contributed by atoms with Crippen molar-refractivity contribution in [3.8, 4) is 0 Å². The van der Waals surface area contributed by atoms with Crippen LogP contribution in [-0.2, 0) is 19.1 Å². The summed E-state index contributed by atoms with van der Waals surface area (Å²) >= 11 is 0. The van der Waals surface area contributed by atoms with Crippen molar-refractivity contribution in [3.05, 3.63) is 29.3 Å². The largest absolute Gasteiger partial charge is 0.396 e. The Kier molecular flexibility index (Phi) is 6.75. The highest BCUT2D eigenvalue weighted by atomic mass is 16.5. The van der Waals surface area contributed by atoms with Gasteiger partial charge in [-0.3, -0.25) is 14.4 Å². The van der Waals surface area contributed by atoms with Gasteiger partial charge < -0.3 is 25.4 Å². The van der Waals surface area contributed by atoms with Gasteiger partial charge in [0.1, 0.15) is 11.6 Å². The van der Waals surface area contributed by atoms with E-state index in [9.17, 15) is 19.5 Å². The number of rotatable bonds is 9. The lowest BCUT2D eigenvalue weighted by Crippen LogP contribution is -2.53. The first-order chi connectivity index (χ1) is 16.2. The molecule has 2 bridgehead atoms. The molecule has 3 aliphatic rings. The van der Waals surface area contributed by atoms with Gasteiger partial charge in [-0.05, 0) is 70.1 Å². The lowest BCUT2D eigenvalue weighted by atomic mass is 9.66. The summed E-state index contributed by atoms with van der Waals surface area (Å²) in [6.07, 6.45) is 3.08. The van der Waals surface area contributed by atoms with Crippen LogP contribution in [0.25, 0.3) is 0 Å². The standard InChI is InChI=1S/C26H37N3O5/c1-5-12-27-22(31)19-20-24(33)29(13-6-7-14-30)21(26(20)11-10-25(19,4)34-26)23(32)28-18-15-16(2)8-9-17(18)3/h8-9,15,19-21,30H,5-7,10-14H2,1-4H3,(H,27,31)(H,28,32)/t19-,20+,21?,25+,26?/m1/s1. The number of carbonyl (C=O) groups is 3. The molecule has 0 aromatic heterocycles. The maximum absolute atomic E-state index is 13.8. The third kappa shape index (κ3) is 3.90. The third-order valence-electron chi connectivity index (χ3n) is 7.81. The van der Waals surface area contributed by atoms with Crippen molar-refractivity contribution in [2.45, 2.75) is 77.0 Å². The number of nitrogens with one attached hydrogen (secondary N) is 2. The van der Waals surface area contributed by atoms with E-state index in [4.69, 9.17) is 4.74 Å². The quantitative estimate of drug-likeness (QED) is 0.479. The van der Waals surface area contributed by atoms with Crippen LogP contribution in [0.4, 0.5) is 5.69 Å². The molecule has 3 amide bonds. The van der Waals surface area contributed by atoms with Gasteiger partial charge in [-0.2, -0.15) is 0 Å². The van der Waals surface area contributed by atoms with Gasteiger partial charge >= 0.3 is 0 Å². The average molecular weight is 472 g/mol. The molecule has 3 N–H and O–H groups in total. The minimum absolute atomic E-state index is 0.0204. The first kappa shape index (κ1) is 24.7. The zero-order valence-corrected chi connectivity index (χ0v) is 20.6. The number of nitrogens with zero attached hydrogens (tertiary/aromatic N) is 1. The summed E-state index contributed by atoms with van der Waals surface area (Å²) in [7, 11) is 0. The molecule has 186 valence electrons. The molecule has 2 unspecified atom stereocenters. The molecule has 0 aliphatic carbocycles. The van der Waals surface area contributed by atoms with Gasteiger partial charge in [0, 0.05) is 25.4 Å². The Bertz CT molecular complexity index is 981. The molecule has 4 rings (SSSR count). The number of unbranched alkanes of at least 4 members (excludes halogenated alkanes) is 1. The van der Waals surface area contributed by atoms with Crippen molar-refractivity contribution in [2.75, 3.05) is 25.0 Å². The second kappa shape index (κ2) is 9.30. The number of carbonyl (C=O) groups excluding carboxylic acids is 3. The molecular weight excluding hydrogens is 434 g/mol. The zero-order chi connectivity index (χ0) is 24.7. The maximum atomic E-state index is 13.8. The molecule has 3 fully saturated rings. The third-order valence-corrected chi connectivity index (χ3v) is 7.81. The predicted octanol–water partition coefficient (Wildman–Crippen LogP) is 2.31. The Balaban J connectivity index is 1.70. The van der Waals surface area contributed by atoms with Crippen LogP contribution in [0.5, 0.6) is 0 Å². The number of ether oxygens (including phenoxy) is 1. The molecule has 3 heterocycles. The average Bonchev–Trinajstić information content (AvgIpc) is 3.36. The van der Waals surface area contributed by atoms with E-state index in [1.165, 1.54) is 0 Å². The van der Waals surface area contributed by atoms with E-state index < -0.39 is 29.1 Å². The van der Waals surface area contributed by atoms with Crippen LogP contribution in [0, 0.1) is 25.7 Å². The summed E-state index contributed by atoms with van der Waals surface area (Å²) in [6.45, 7) is 8.68. The van der Waals surface area contributed by atoms with Crippen LogP contribution in [0.15, 0.2) is 18.2 Å². The van der Waals surface area contributed by atoms with Crippen LogP contribution in [0.3, 0.4) is 0 Å². The maximum Gasteiger partial charge on any atom is 0.250 e. The summed E-state index contributed by atoms with van der Waals surface area (Å²) < 4.78 is 6.58. The number of likely N-dealkylation sites (tertiary alicyclic amines) is 1. The Labute approximate surface area is 201 Å². The van der Waals surface area contributed by atoms with Crippen LogP contribution in [0.1, 0.15) is 57.1 Å². The van der Waals surface area contributed by atoms with Gasteiger partial charge in [0.25, 0.3) is 0 Å². The number of hydrogen-bond acceptors (Lipinski definition) is 5. The Morgan fingerprint density at radius 1 is 1.21 bits per heavy atom. The molecule has 0 saturated carbocycles. The van der Waals surface area contributed by atoms with Crippen molar-refractivity contribution in [1.29, 1.82) is 0 Å². The van der Waals surface area contributed by atoms with E-state index in [-0.39, 0.29) is 24.3 Å². The second-order valence-corrected chi connectivity index (χ2v) is 10.3. The lowest BCUT2D eigenvalue weighted by Gasteiger charge is -2.33. The molecule has 1 spiro atoms.